The van der Waals surface area contributed by atoms with E-state index >= 15 is 0 Å². The van der Waals surface area contributed by atoms with E-state index < -0.39 is 0 Å². The molecule has 0 fully saturated rings. The molecule has 0 aliphatic carbocycles. The number of rotatable bonds is 0. The molecule has 0 aromatic carbocycles. The van der Waals surface area contributed by atoms with Crippen molar-refractivity contribution in [2.24, 2.45) is 0 Å². The summed E-state index contributed by atoms with van der Waals surface area (Å²) in [5.74, 6) is 0. The first-order valence-electron chi connectivity index (χ1n) is 0. The van der Waals surface area contributed by atoms with E-state index in [4.69, 9.17) is 0 Å². The van der Waals surface area contributed by atoms with E-state index in [1.807, 2.05) is 0 Å². The molecule has 0 spiro atoms. The Balaban J connectivity index is 0. The average Bonchev–Trinajstić information content (AvgIpc) is 0. The maximum absolute atomic E-state index is 0. The van der Waals surface area contributed by atoms with Crippen molar-refractivity contribution in [3.05, 3.63) is 0 Å². The van der Waals surface area contributed by atoms with E-state index in [9.17, 15) is 0 Å². The molecule has 0 amide bonds. The zero-order chi connectivity index (χ0) is 0. The van der Waals surface area contributed by atoms with E-state index in [0.29, 0.717) is 0 Å². The Labute approximate surface area is 184 Å². The van der Waals surface area contributed by atoms with Crippen LogP contribution in [0.15, 0.2) is 0 Å². The molecule has 0 heterocycles. The van der Waals surface area contributed by atoms with E-state index in [-0.39, 0.29) is 189 Å². The molecule has 0 saturated heterocycles. The second-order valence-electron chi connectivity index (χ2n) is 0. The second-order valence-corrected chi connectivity index (χ2v) is 0. The van der Waals surface area contributed by atoms with Crippen molar-refractivity contribution in [3.63, 3.8) is 0 Å². The van der Waals surface area contributed by atoms with Crippen molar-refractivity contribution in [2.45, 2.75) is 0 Å². The fourth-order valence-corrected chi connectivity index (χ4v) is 0. The molecule has 0 aromatic rings. The number of hydrogen-bond acceptors (Lipinski definition) is 0. The van der Waals surface area contributed by atoms with Gasteiger partial charge in [-0.25, -0.2) is 0 Å². The largest absolute Gasteiger partial charge is 6.00 e. The standard InChI is InChI=1S/2Cr.7O.2Rb/q2*+6;7*-2;2*+1. The molecular formula is Cr2O7Rb2. The summed E-state index contributed by atoms with van der Waals surface area (Å²) in [6, 6.07) is 0. The minimum absolute atomic E-state index is 0. The van der Waals surface area contributed by atoms with Crippen LogP contribution in [0.4, 0.5) is 0 Å². The van der Waals surface area contributed by atoms with Gasteiger partial charge in [-0.3, -0.25) is 0 Å². The molecule has 0 bridgehead atoms. The van der Waals surface area contributed by atoms with Crippen LogP contribution in [0.1, 0.15) is 0 Å². The molecule has 7 nitrogen and oxygen atoms in total. The summed E-state index contributed by atoms with van der Waals surface area (Å²) >= 11 is 0. The van der Waals surface area contributed by atoms with Gasteiger partial charge in [-0.1, -0.05) is 0 Å². The van der Waals surface area contributed by atoms with Crippen LogP contribution in [-0.2, 0) is 73.1 Å². The predicted octanol–water partition coefficient (Wildman–Crippen LogP) is -6.83. The topological polar surface area (TPSA) is 200 Å². The van der Waals surface area contributed by atoms with Gasteiger partial charge < -0.3 is 38.3 Å². The molecular weight excluding hydrogens is 387 g/mol. The van der Waals surface area contributed by atoms with Gasteiger partial charge in [-0.2, -0.15) is 0 Å². The minimum Gasteiger partial charge on any atom is -2.00 e. The normalized spacial score (nSPS) is 0. The maximum Gasteiger partial charge on any atom is 6.00 e. The molecule has 0 atom stereocenters. The van der Waals surface area contributed by atoms with Gasteiger partial charge in [-0.15, -0.1) is 0 Å². The van der Waals surface area contributed by atoms with E-state index in [2.05, 4.69) is 0 Å². The van der Waals surface area contributed by atoms with Crippen LogP contribution in [0.5, 0.6) is 0 Å². The van der Waals surface area contributed by atoms with Crippen LogP contribution < -0.4 is 116 Å². The van der Waals surface area contributed by atoms with E-state index in [0.717, 1.165) is 0 Å². The van der Waals surface area contributed by atoms with E-state index in [1.165, 1.54) is 0 Å². The fourth-order valence-electron chi connectivity index (χ4n) is 0. The minimum atomic E-state index is 0. The zero-order valence-corrected chi connectivity index (χ0v) is 18.1. The van der Waals surface area contributed by atoms with Gasteiger partial charge in [0.15, 0.2) is 0 Å². The van der Waals surface area contributed by atoms with Crippen LogP contribution in [-0.4, -0.2) is 0 Å². The smallest absolute Gasteiger partial charge is 2.00 e. The van der Waals surface area contributed by atoms with Gasteiger partial charge in [0, 0.05) is 0 Å². The molecule has 0 aromatic heterocycles. The Kier molecular flexibility index (Phi) is 2010. The molecule has 11 heteroatoms. The second kappa shape index (κ2) is 134. The Hall–Kier alpha value is 4.40. The van der Waals surface area contributed by atoms with Crippen molar-refractivity contribution >= 4 is 0 Å². The molecule has 0 saturated carbocycles. The monoisotopic (exact) mass is 386 g/mol. The summed E-state index contributed by atoms with van der Waals surface area (Å²) in [5, 5.41) is 0. The fraction of sp³-hybridized carbons (Fsp3) is 0. The summed E-state index contributed by atoms with van der Waals surface area (Å²) in [4.78, 5) is 0. The molecule has 0 radical (unpaired) electrons. The van der Waals surface area contributed by atoms with Crippen LogP contribution in [0.25, 0.3) is 0 Å². The Morgan fingerprint density at radius 1 is 0.273 bits per heavy atom. The predicted molar refractivity (Wildman–Crippen MR) is 4.81 cm³/mol. The summed E-state index contributed by atoms with van der Waals surface area (Å²) in [5.41, 5.74) is 0. The third-order valence-corrected chi connectivity index (χ3v) is 0. The molecule has 0 unspecified atom stereocenters. The third-order valence-electron chi connectivity index (χ3n) is 0. The van der Waals surface area contributed by atoms with Gasteiger partial charge in [0.05, 0.1) is 0 Å². The Morgan fingerprint density at radius 3 is 0.273 bits per heavy atom. The van der Waals surface area contributed by atoms with Crippen molar-refractivity contribution in [2.75, 3.05) is 0 Å². The third kappa shape index (κ3) is 114. The van der Waals surface area contributed by atoms with E-state index in [1.54, 1.807) is 0 Å². The Bertz CT molecular complexity index is 14.4. The zero-order valence-electron chi connectivity index (χ0n) is 5.67. The maximum atomic E-state index is 0. The first-order valence-corrected chi connectivity index (χ1v) is 0. The summed E-state index contributed by atoms with van der Waals surface area (Å²) in [6.45, 7) is 0. The summed E-state index contributed by atoms with van der Waals surface area (Å²) in [6.07, 6.45) is 0. The molecule has 0 aliphatic rings. The molecule has 11 heavy (non-hydrogen) atoms. The quantitative estimate of drug-likeness (QED) is 0.381. The summed E-state index contributed by atoms with van der Waals surface area (Å²) in [7, 11) is 0. The van der Waals surface area contributed by atoms with Crippen LogP contribution in [0, 0.1) is 0 Å². The Morgan fingerprint density at radius 2 is 0.273 bits per heavy atom. The average molecular weight is 387 g/mol. The molecule has 56 valence electrons. The van der Waals surface area contributed by atoms with Crippen molar-refractivity contribution < 1.29 is 189 Å². The first-order chi connectivity index (χ1) is 0. The molecule has 0 N–H and O–H groups in total. The van der Waals surface area contributed by atoms with Crippen LogP contribution >= 0.6 is 0 Å². The number of hydrogen-bond donors (Lipinski definition) is 0. The van der Waals surface area contributed by atoms with Gasteiger partial charge in [0.25, 0.3) is 0 Å². The van der Waals surface area contributed by atoms with Gasteiger partial charge in [-0.05, 0) is 0 Å². The van der Waals surface area contributed by atoms with Crippen molar-refractivity contribution in [1.82, 2.24) is 0 Å². The first kappa shape index (κ1) is 165. The van der Waals surface area contributed by atoms with Crippen molar-refractivity contribution in [1.29, 1.82) is 0 Å². The van der Waals surface area contributed by atoms with Crippen LogP contribution in [0.3, 0.4) is 0 Å². The van der Waals surface area contributed by atoms with Gasteiger partial charge in [0.2, 0.25) is 0 Å². The molecule has 0 aliphatic heterocycles. The van der Waals surface area contributed by atoms with Gasteiger partial charge in [0.1, 0.15) is 0 Å². The van der Waals surface area contributed by atoms with Gasteiger partial charge >= 0.3 is 151 Å². The molecule has 0 rings (SSSR count). The SMILES string of the molecule is [Cr+6].[Cr+6].[O-2].[O-2].[O-2].[O-2].[O-2].[O-2].[O-2].[Rb+].[Rb+]. The summed E-state index contributed by atoms with van der Waals surface area (Å²) < 4.78 is 0. The van der Waals surface area contributed by atoms with Crippen LogP contribution in [0.2, 0.25) is 0 Å². The van der Waals surface area contributed by atoms with Crippen molar-refractivity contribution in [3.8, 4) is 0 Å².